The van der Waals surface area contributed by atoms with Crippen molar-refractivity contribution in [1.82, 2.24) is 9.80 Å². The average Bonchev–Trinajstić information content (AvgIpc) is 2.20. The number of cyclic esters (lactones) is 1. The van der Waals surface area contributed by atoms with Crippen LogP contribution in [0, 0.1) is 5.92 Å². The van der Waals surface area contributed by atoms with Crippen LogP contribution in [0.25, 0.3) is 0 Å². The Labute approximate surface area is 94.8 Å². The molecule has 0 radical (unpaired) electrons. The lowest BCUT2D eigenvalue weighted by molar-refractivity contribution is -0.145. The van der Waals surface area contributed by atoms with Crippen molar-refractivity contribution in [2.24, 2.45) is 5.92 Å². The largest absolute Gasteiger partial charge is 0.481 e. The SMILES string of the molecule is CN(C)CCCN1CC(C(=O)O)COC1=O. The maximum absolute atomic E-state index is 11.3. The zero-order valence-corrected chi connectivity index (χ0v) is 9.68. The number of nitrogens with zero attached hydrogens (tertiary/aromatic N) is 2. The number of carbonyl (C=O) groups excluding carboxylic acids is 1. The lowest BCUT2D eigenvalue weighted by atomic mass is 10.1. The van der Waals surface area contributed by atoms with Crippen molar-refractivity contribution in [1.29, 1.82) is 0 Å². The van der Waals surface area contributed by atoms with E-state index in [2.05, 4.69) is 0 Å². The van der Waals surface area contributed by atoms with Gasteiger partial charge in [-0.15, -0.1) is 0 Å². The minimum absolute atomic E-state index is 0.0155. The van der Waals surface area contributed by atoms with E-state index < -0.39 is 18.0 Å². The number of carboxylic acids is 1. The van der Waals surface area contributed by atoms with Crippen LogP contribution < -0.4 is 0 Å². The summed E-state index contributed by atoms with van der Waals surface area (Å²) in [7, 11) is 3.91. The van der Waals surface area contributed by atoms with Crippen LogP contribution in [0.5, 0.6) is 0 Å². The fourth-order valence-corrected chi connectivity index (χ4v) is 1.57. The van der Waals surface area contributed by atoms with Gasteiger partial charge in [0.15, 0.2) is 0 Å². The summed E-state index contributed by atoms with van der Waals surface area (Å²) in [6.45, 7) is 1.64. The molecule has 0 saturated carbocycles. The first-order valence-corrected chi connectivity index (χ1v) is 5.30. The molecule has 16 heavy (non-hydrogen) atoms. The van der Waals surface area contributed by atoms with Gasteiger partial charge >= 0.3 is 12.1 Å². The Kier molecular flexibility index (Phi) is 4.54. The Bertz CT molecular complexity index is 268. The number of ether oxygens (including phenoxy) is 1. The summed E-state index contributed by atoms with van der Waals surface area (Å²) in [6, 6.07) is 0. The van der Waals surface area contributed by atoms with Gasteiger partial charge in [0.25, 0.3) is 0 Å². The van der Waals surface area contributed by atoms with Crippen LogP contribution >= 0.6 is 0 Å². The first-order valence-electron chi connectivity index (χ1n) is 5.30. The Morgan fingerprint density at radius 3 is 2.88 bits per heavy atom. The van der Waals surface area contributed by atoms with Crippen LogP contribution in [0.1, 0.15) is 6.42 Å². The van der Waals surface area contributed by atoms with Crippen molar-refractivity contribution in [2.45, 2.75) is 6.42 Å². The first-order chi connectivity index (χ1) is 7.50. The summed E-state index contributed by atoms with van der Waals surface area (Å²) < 4.78 is 4.81. The van der Waals surface area contributed by atoms with Crippen molar-refractivity contribution in [3.63, 3.8) is 0 Å². The highest BCUT2D eigenvalue weighted by atomic mass is 16.6. The van der Waals surface area contributed by atoms with Crippen LogP contribution in [-0.4, -0.2) is 67.3 Å². The summed E-state index contributed by atoms with van der Waals surface area (Å²) in [6.07, 6.45) is 0.408. The molecule has 1 aliphatic rings. The van der Waals surface area contributed by atoms with E-state index in [-0.39, 0.29) is 13.2 Å². The number of hydrogen-bond donors (Lipinski definition) is 1. The van der Waals surface area contributed by atoms with Gasteiger partial charge in [-0.05, 0) is 27.1 Å². The van der Waals surface area contributed by atoms with Gasteiger partial charge in [0.05, 0.1) is 0 Å². The Balaban J connectivity index is 2.38. The van der Waals surface area contributed by atoms with E-state index >= 15 is 0 Å². The molecule has 1 atom stereocenters. The molecule has 1 N–H and O–H groups in total. The molecule has 6 heteroatoms. The zero-order chi connectivity index (χ0) is 12.1. The molecule has 1 fully saturated rings. The first kappa shape index (κ1) is 12.8. The summed E-state index contributed by atoms with van der Waals surface area (Å²) in [5, 5.41) is 8.83. The van der Waals surface area contributed by atoms with E-state index in [0.717, 1.165) is 13.0 Å². The molecular formula is C10H18N2O4. The van der Waals surface area contributed by atoms with Crippen molar-refractivity contribution in [3.8, 4) is 0 Å². The molecule has 0 aromatic rings. The van der Waals surface area contributed by atoms with Gasteiger partial charge in [-0.3, -0.25) is 4.79 Å². The van der Waals surface area contributed by atoms with Crippen LogP contribution in [0.2, 0.25) is 0 Å². The zero-order valence-electron chi connectivity index (χ0n) is 9.68. The van der Waals surface area contributed by atoms with Crippen LogP contribution in [-0.2, 0) is 9.53 Å². The molecule has 6 nitrogen and oxygen atoms in total. The van der Waals surface area contributed by atoms with Gasteiger partial charge in [0, 0.05) is 13.1 Å². The molecule has 1 amide bonds. The molecule has 1 aliphatic heterocycles. The third-order valence-corrected chi connectivity index (χ3v) is 2.49. The summed E-state index contributed by atoms with van der Waals surface area (Å²) in [4.78, 5) is 25.6. The molecule has 92 valence electrons. The standard InChI is InChI=1S/C10H18N2O4/c1-11(2)4-3-5-12-6-8(9(13)14)7-16-10(12)15/h8H,3-7H2,1-2H3,(H,13,14). The topological polar surface area (TPSA) is 70.1 Å². The van der Waals surface area contributed by atoms with Crippen molar-refractivity contribution >= 4 is 12.1 Å². The number of carbonyl (C=O) groups is 2. The molecule has 1 unspecified atom stereocenters. The minimum Gasteiger partial charge on any atom is -0.481 e. The van der Waals surface area contributed by atoms with Crippen LogP contribution in [0.3, 0.4) is 0 Å². The molecule has 0 aromatic carbocycles. The van der Waals surface area contributed by atoms with Gasteiger partial charge in [0.1, 0.15) is 12.5 Å². The molecule has 1 rings (SSSR count). The molecule has 1 heterocycles. The maximum Gasteiger partial charge on any atom is 0.409 e. The van der Waals surface area contributed by atoms with Crippen LogP contribution in [0.4, 0.5) is 4.79 Å². The second-order valence-corrected chi connectivity index (χ2v) is 4.21. The Morgan fingerprint density at radius 2 is 2.31 bits per heavy atom. The van der Waals surface area contributed by atoms with Crippen LogP contribution in [0.15, 0.2) is 0 Å². The van der Waals surface area contributed by atoms with Gasteiger partial charge in [0.2, 0.25) is 0 Å². The van der Waals surface area contributed by atoms with E-state index in [1.807, 2.05) is 19.0 Å². The normalized spacial score (nSPS) is 21.1. The highest BCUT2D eigenvalue weighted by Crippen LogP contribution is 2.11. The van der Waals surface area contributed by atoms with Gasteiger partial charge < -0.3 is 19.6 Å². The number of carboxylic acid groups (broad SMARTS) is 1. The molecular weight excluding hydrogens is 212 g/mol. The van der Waals surface area contributed by atoms with E-state index in [9.17, 15) is 9.59 Å². The van der Waals surface area contributed by atoms with Gasteiger partial charge in [-0.2, -0.15) is 0 Å². The molecule has 1 saturated heterocycles. The van der Waals surface area contributed by atoms with Gasteiger partial charge in [-0.1, -0.05) is 0 Å². The van der Waals surface area contributed by atoms with Crippen molar-refractivity contribution in [2.75, 3.05) is 40.3 Å². The lowest BCUT2D eigenvalue weighted by Crippen LogP contribution is -2.46. The third-order valence-electron chi connectivity index (χ3n) is 2.49. The fourth-order valence-electron chi connectivity index (χ4n) is 1.57. The third kappa shape index (κ3) is 3.69. The lowest BCUT2D eigenvalue weighted by Gasteiger charge is -2.30. The predicted octanol–water partition coefficient (Wildman–Crippen LogP) is 0.0911. The highest BCUT2D eigenvalue weighted by molar-refractivity contribution is 5.75. The monoisotopic (exact) mass is 230 g/mol. The van der Waals surface area contributed by atoms with E-state index in [4.69, 9.17) is 9.84 Å². The maximum atomic E-state index is 11.3. The second kappa shape index (κ2) is 5.69. The summed E-state index contributed by atoms with van der Waals surface area (Å²) in [5.41, 5.74) is 0. The van der Waals surface area contributed by atoms with E-state index in [1.54, 1.807) is 0 Å². The predicted molar refractivity (Wildman–Crippen MR) is 57.2 cm³/mol. The molecule has 0 aromatic heterocycles. The van der Waals surface area contributed by atoms with E-state index in [1.165, 1.54) is 4.90 Å². The summed E-state index contributed by atoms with van der Waals surface area (Å²) >= 11 is 0. The Hall–Kier alpha value is -1.30. The number of rotatable bonds is 5. The molecule has 0 spiro atoms. The smallest absolute Gasteiger partial charge is 0.409 e. The quantitative estimate of drug-likeness (QED) is 0.725. The second-order valence-electron chi connectivity index (χ2n) is 4.21. The molecule has 0 aliphatic carbocycles. The van der Waals surface area contributed by atoms with Crippen molar-refractivity contribution < 1.29 is 19.4 Å². The fraction of sp³-hybridized carbons (Fsp3) is 0.800. The highest BCUT2D eigenvalue weighted by Gasteiger charge is 2.31. The summed E-state index contributed by atoms with van der Waals surface area (Å²) in [5.74, 6) is -1.51. The van der Waals surface area contributed by atoms with E-state index in [0.29, 0.717) is 6.54 Å². The molecule has 0 bridgehead atoms. The minimum atomic E-state index is -0.912. The average molecular weight is 230 g/mol. The number of aliphatic carboxylic acids is 1. The number of hydrogen-bond acceptors (Lipinski definition) is 4. The number of amides is 1. The van der Waals surface area contributed by atoms with Gasteiger partial charge in [-0.25, -0.2) is 4.79 Å². The van der Waals surface area contributed by atoms with Crippen molar-refractivity contribution in [3.05, 3.63) is 0 Å². The Morgan fingerprint density at radius 1 is 1.62 bits per heavy atom.